The van der Waals surface area contributed by atoms with E-state index in [9.17, 15) is 4.79 Å². The fourth-order valence-electron chi connectivity index (χ4n) is 2.99. The van der Waals surface area contributed by atoms with Crippen LogP contribution in [-0.4, -0.2) is 23.2 Å². The second-order valence-corrected chi connectivity index (χ2v) is 7.08. The normalized spacial score (nSPS) is 14.0. The number of nitrogens with zero attached hydrogens (tertiary/aromatic N) is 2. The van der Waals surface area contributed by atoms with Crippen molar-refractivity contribution in [2.75, 3.05) is 13.8 Å². The second-order valence-electron chi connectivity index (χ2n) is 6.16. The van der Waals surface area contributed by atoms with Gasteiger partial charge in [0.1, 0.15) is 24.4 Å². The van der Waals surface area contributed by atoms with E-state index in [-0.39, 0.29) is 12.4 Å². The van der Waals surface area contributed by atoms with Crippen LogP contribution in [0.2, 0.25) is 0 Å². The van der Waals surface area contributed by atoms with Gasteiger partial charge in [0.15, 0.2) is 11.5 Å². The van der Waals surface area contributed by atoms with E-state index in [0.29, 0.717) is 12.2 Å². The molecule has 6 nitrogen and oxygen atoms in total. The Morgan fingerprint density at radius 2 is 2.00 bits per heavy atom. The first-order chi connectivity index (χ1) is 12.1. The highest BCUT2D eigenvalue weighted by Crippen LogP contribution is 2.32. The molecule has 1 aromatic carbocycles. The number of rotatable bonds is 4. The maximum absolute atomic E-state index is 12.3. The van der Waals surface area contributed by atoms with Crippen molar-refractivity contribution in [2.24, 2.45) is 0 Å². The van der Waals surface area contributed by atoms with Crippen molar-refractivity contribution in [3.8, 4) is 11.5 Å². The van der Waals surface area contributed by atoms with Crippen LogP contribution in [0.25, 0.3) is 5.65 Å². The summed E-state index contributed by atoms with van der Waals surface area (Å²) in [5, 5.41) is 0. The van der Waals surface area contributed by atoms with Gasteiger partial charge in [0, 0.05) is 22.3 Å². The first kappa shape index (κ1) is 16.1. The van der Waals surface area contributed by atoms with E-state index in [1.165, 1.54) is 4.90 Å². The van der Waals surface area contributed by atoms with Gasteiger partial charge in [-0.2, -0.15) is 0 Å². The van der Waals surface area contributed by atoms with Crippen molar-refractivity contribution in [3.63, 3.8) is 0 Å². The zero-order valence-corrected chi connectivity index (χ0v) is 15.2. The van der Waals surface area contributed by atoms with Gasteiger partial charge in [0.2, 0.25) is 6.79 Å². The highest BCUT2D eigenvalue weighted by atomic mass is 79.9. The summed E-state index contributed by atoms with van der Waals surface area (Å²) in [6, 6.07) is 11.3. The minimum absolute atomic E-state index is 0.0721. The standard InChI is InChI=1S/C18H16BrN3O3/c1-21(8-12-2-4-15-16(6-12)25-11-24-15)10-14-7-18(23)22-9-13(19)3-5-17(22)20-14/h2-7,9H,8,10-11H2,1H3/p+1. The number of benzene rings is 1. The molecular weight excluding hydrogens is 386 g/mol. The average molecular weight is 403 g/mol. The summed E-state index contributed by atoms with van der Waals surface area (Å²) in [5.74, 6) is 1.58. The van der Waals surface area contributed by atoms with Crippen molar-refractivity contribution in [1.82, 2.24) is 9.38 Å². The number of pyridine rings is 1. The fraction of sp³-hybridized carbons (Fsp3) is 0.222. The molecule has 1 aliphatic rings. The molecule has 7 heteroatoms. The Hall–Kier alpha value is -2.38. The van der Waals surface area contributed by atoms with Gasteiger partial charge in [0.05, 0.1) is 7.05 Å². The third kappa shape index (κ3) is 3.38. The molecule has 2 aromatic heterocycles. The van der Waals surface area contributed by atoms with Gasteiger partial charge < -0.3 is 14.4 Å². The van der Waals surface area contributed by atoms with Crippen molar-refractivity contribution in [2.45, 2.75) is 13.1 Å². The third-order valence-corrected chi connectivity index (χ3v) is 4.57. The van der Waals surface area contributed by atoms with Gasteiger partial charge in [0.25, 0.3) is 5.56 Å². The molecule has 1 unspecified atom stereocenters. The lowest BCUT2D eigenvalue weighted by Gasteiger charge is -2.14. The Labute approximate surface area is 152 Å². The second kappa shape index (κ2) is 6.50. The molecule has 0 saturated heterocycles. The fourth-order valence-corrected chi connectivity index (χ4v) is 3.32. The van der Waals surface area contributed by atoms with E-state index in [1.54, 1.807) is 16.7 Å². The van der Waals surface area contributed by atoms with E-state index in [2.05, 4.69) is 28.0 Å². The van der Waals surface area contributed by atoms with Crippen LogP contribution in [0.3, 0.4) is 0 Å². The van der Waals surface area contributed by atoms with Crippen LogP contribution in [0.5, 0.6) is 11.5 Å². The minimum atomic E-state index is -0.0721. The number of quaternary nitrogens is 1. The van der Waals surface area contributed by atoms with Crippen LogP contribution in [-0.2, 0) is 13.1 Å². The summed E-state index contributed by atoms with van der Waals surface area (Å²) in [4.78, 5) is 18.1. The summed E-state index contributed by atoms with van der Waals surface area (Å²) in [6.45, 7) is 1.75. The Balaban J connectivity index is 1.52. The predicted octanol–water partition coefficient (Wildman–Crippen LogP) is 1.40. The Morgan fingerprint density at radius 1 is 1.16 bits per heavy atom. The summed E-state index contributed by atoms with van der Waals surface area (Å²) in [7, 11) is 2.08. The molecule has 128 valence electrons. The molecule has 0 saturated carbocycles. The molecule has 0 spiro atoms. The molecule has 0 radical (unpaired) electrons. The Morgan fingerprint density at radius 3 is 2.88 bits per heavy atom. The monoisotopic (exact) mass is 402 g/mol. The highest BCUT2D eigenvalue weighted by Gasteiger charge is 2.15. The lowest BCUT2D eigenvalue weighted by molar-refractivity contribution is -0.908. The zero-order valence-electron chi connectivity index (χ0n) is 13.7. The molecule has 1 N–H and O–H groups in total. The van der Waals surface area contributed by atoms with Crippen molar-refractivity contribution < 1.29 is 14.4 Å². The molecule has 0 fully saturated rings. The van der Waals surface area contributed by atoms with Crippen LogP contribution in [0.1, 0.15) is 11.3 Å². The molecule has 0 bridgehead atoms. The number of hydrogen-bond donors (Lipinski definition) is 1. The maximum Gasteiger partial charge on any atom is 0.258 e. The van der Waals surface area contributed by atoms with E-state index >= 15 is 0 Å². The summed E-state index contributed by atoms with van der Waals surface area (Å²) >= 11 is 3.37. The Bertz CT molecular complexity index is 1000. The van der Waals surface area contributed by atoms with Gasteiger partial charge in [-0.15, -0.1) is 0 Å². The number of aromatic nitrogens is 2. The van der Waals surface area contributed by atoms with E-state index in [4.69, 9.17) is 9.47 Å². The molecule has 0 amide bonds. The van der Waals surface area contributed by atoms with E-state index in [1.807, 2.05) is 30.3 Å². The average Bonchev–Trinajstić information content (AvgIpc) is 3.03. The first-order valence-electron chi connectivity index (χ1n) is 7.96. The quantitative estimate of drug-likeness (QED) is 0.716. The molecule has 0 aliphatic carbocycles. The third-order valence-electron chi connectivity index (χ3n) is 4.10. The van der Waals surface area contributed by atoms with Crippen LogP contribution in [0.4, 0.5) is 0 Å². The smallest absolute Gasteiger partial charge is 0.258 e. The van der Waals surface area contributed by atoms with Crippen molar-refractivity contribution in [1.29, 1.82) is 0 Å². The van der Waals surface area contributed by atoms with Crippen molar-refractivity contribution in [3.05, 3.63) is 68.7 Å². The predicted molar refractivity (Wildman–Crippen MR) is 96.0 cm³/mol. The molecular formula is C18H17BrN3O3+. The number of nitrogens with one attached hydrogen (secondary N) is 1. The lowest BCUT2D eigenvalue weighted by Crippen LogP contribution is -3.06. The SMILES string of the molecule is C[NH+](Cc1ccc2c(c1)OCO2)Cc1cc(=O)n2cc(Br)ccc2n1. The number of hydrogen-bond acceptors (Lipinski definition) is 4. The Kier molecular flexibility index (Phi) is 4.19. The van der Waals surface area contributed by atoms with Crippen LogP contribution >= 0.6 is 15.9 Å². The van der Waals surface area contributed by atoms with Crippen molar-refractivity contribution >= 4 is 21.6 Å². The topological polar surface area (TPSA) is 57.3 Å². The zero-order chi connectivity index (χ0) is 17.4. The number of ether oxygens (including phenoxy) is 2. The largest absolute Gasteiger partial charge is 0.454 e. The molecule has 25 heavy (non-hydrogen) atoms. The lowest BCUT2D eigenvalue weighted by atomic mass is 10.2. The summed E-state index contributed by atoms with van der Waals surface area (Å²) in [6.07, 6.45) is 1.73. The van der Waals surface area contributed by atoms with Crippen LogP contribution in [0, 0.1) is 0 Å². The molecule has 3 aromatic rings. The van der Waals surface area contributed by atoms with Crippen LogP contribution in [0.15, 0.2) is 51.9 Å². The van der Waals surface area contributed by atoms with Gasteiger partial charge in [-0.1, -0.05) is 0 Å². The van der Waals surface area contributed by atoms with E-state index < -0.39 is 0 Å². The molecule has 3 heterocycles. The van der Waals surface area contributed by atoms with Gasteiger partial charge in [-0.3, -0.25) is 9.20 Å². The molecule has 1 aliphatic heterocycles. The molecule has 1 atom stereocenters. The van der Waals surface area contributed by atoms with Gasteiger partial charge >= 0.3 is 0 Å². The van der Waals surface area contributed by atoms with E-state index in [0.717, 1.165) is 33.8 Å². The molecule has 4 rings (SSSR count). The highest BCUT2D eigenvalue weighted by molar-refractivity contribution is 9.10. The van der Waals surface area contributed by atoms with Gasteiger partial charge in [-0.25, -0.2) is 4.98 Å². The van der Waals surface area contributed by atoms with Crippen LogP contribution < -0.4 is 19.9 Å². The minimum Gasteiger partial charge on any atom is -0.454 e. The maximum atomic E-state index is 12.3. The first-order valence-corrected chi connectivity index (χ1v) is 8.75. The summed E-state index contributed by atoms with van der Waals surface area (Å²) in [5.41, 5.74) is 2.52. The summed E-state index contributed by atoms with van der Waals surface area (Å²) < 4.78 is 13.1. The van der Waals surface area contributed by atoms with Gasteiger partial charge in [-0.05, 0) is 46.3 Å². The number of halogens is 1. The number of fused-ring (bicyclic) bond motifs is 2.